The average molecular weight is 389 g/mol. The van der Waals surface area contributed by atoms with Crippen molar-refractivity contribution >= 4 is 29.5 Å². The standard InChI is InChI=1S/C20H21ClN2O4/c1-3-27-20-16(21)11-15(12-17(20)26-2)9-10-18(24)22-23-19(25)13-14-7-5-4-6-8-14/h4-12H,3,13H2,1-2H3,(H,22,24)(H,23,25). The first-order chi connectivity index (χ1) is 13.0. The fourth-order valence-corrected chi connectivity index (χ4v) is 2.56. The number of ether oxygens (including phenoxy) is 2. The number of amides is 2. The summed E-state index contributed by atoms with van der Waals surface area (Å²) in [4.78, 5) is 23.7. The molecule has 0 saturated carbocycles. The van der Waals surface area contributed by atoms with Crippen molar-refractivity contribution in [3.8, 4) is 11.5 Å². The zero-order chi connectivity index (χ0) is 19.6. The second kappa shape index (κ2) is 10.2. The predicted octanol–water partition coefficient (Wildman–Crippen LogP) is 3.15. The maximum Gasteiger partial charge on any atom is 0.262 e. The number of hydrogen-bond donors (Lipinski definition) is 2. The lowest BCUT2D eigenvalue weighted by atomic mass is 10.1. The van der Waals surface area contributed by atoms with Crippen LogP contribution in [0.5, 0.6) is 11.5 Å². The largest absolute Gasteiger partial charge is 0.493 e. The highest BCUT2D eigenvalue weighted by molar-refractivity contribution is 6.32. The normalized spacial score (nSPS) is 10.5. The number of rotatable bonds is 7. The second-order valence-corrected chi connectivity index (χ2v) is 5.91. The van der Waals surface area contributed by atoms with Gasteiger partial charge in [0, 0.05) is 6.08 Å². The van der Waals surface area contributed by atoms with Gasteiger partial charge in [-0.2, -0.15) is 0 Å². The van der Waals surface area contributed by atoms with Crippen molar-refractivity contribution in [3.05, 3.63) is 64.7 Å². The summed E-state index contributed by atoms with van der Waals surface area (Å²) in [6, 6.07) is 12.6. The summed E-state index contributed by atoms with van der Waals surface area (Å²) < 4.78 is 10.7. The van der Waals surface area contributed by atoms with E-state index in [0.29, 0.717) is 28.7 Å². The van der Waals surface area contributed by atoms with Crippen LogP contribution < -0.4 is 20.3 Å². The molecule has 0 fully saturated rings. The fourth-order valence-electron chi connectivity index (χ4n) is 2.29. The van der Waals surface area contributed by atoms with Crippen molar-refractivity contribution in [2.45, 2.75) is 13.3 Å². The minimum Gasteiger partial charge on any atom is -0.493 e. The number of hydrazine groups is 1. The molecule has 0 spiro atoms. The molecule has 0 unspecified atom stereocenters. The molecule has 2 amide bonds. The predicted molar refractivity (Wildman–Crippen MR) is 105 cm³/mol. The second-order valence-electron chi connectivity index (χ2n) is 5.50. The summed E-state index contributed by atoms with van der Waals surface area (Å²) in [6.07, 6.45) is 3.02. The third-order valence-corrected chi connectivity index (χ3v) is 3.78. The molecule has 0 aliphatic heterocycles. The molecule has 0 saturated heterocycles. The molecule has 0 heterocycles. The van der Waals surface area contributed by atoms with Crippen molar-refractivity contribution in [2.75, 3.05) is 13.7 Å². The molecule has 0 bridgehead atoms. The van der Waals surface area contributed by atoms with E-state index in [1.54, 1.807) is 18.2 Å². The summed E-state index contributed by atoms with van der Waals surface area (Å²) in [5.41, 5.74) is 6.22. The molecular weight excluding hydrogens is 368 g/mol. The summed E-state index contributed by atoms with van der Waals surface area (Å²) in [6.45, 7) is 2.30. The van der Waals surface area contributed by atoms with Crippen molar-refractivity contribution < 1.29 is 19.1 Å². The lowest BCUT2D eigenvalue weighted by molar-refractivity contribution is -0.126. The van der Waals surface area contributed by atoms with E-state index in [1.807, 2.05) is 37.3 Å². The Balaban J connectivity index is 1.92. The van der Waals surface area contributed by atoms with Crippen LogP contribution in [0.25, 0.3) is 6.08 Å². The maximum atomic E-state index is 11.9. The van der Waals surface area contributed by atoms with Crippen LogP contribution >= 0.6 is 11.6 Å². The summed E-state index contributed by atoms with van der Waals surface area (Å²) in [5.74, 6) is 0.145. The first-order valence-electron chi connectivity index (χ1n) is 8.34. The van der Waals surface area contributed by atoms with Crippen LogP contribution in [-0.4, -0.2) is 25.5 Å². The van der Waals surface area contributed by atoms with Gasteiger partial charge in [0.15, 0.2) is 11.5 Å². The molecule has 0 aliphatic carbocycles. The average Bonchev–Trinajstić information content (AvgIpc) is 2.67. The first-order valence-corrected chi connectivity index (χ1v) is 8.72. The maximum absolute atomic E-state index is 11.9. The van der Waals surface area contributed by atoms with Crippen LogP contribution in [0.1, 0.15) is 18.1 Å². The molecule has 2 rings (SSSR count). The van der Waals surface area contributed by atoms with Crippen LogP contribution in [0.15, 0.2) is 48.5 Å². The van der Waals surface area contributed by atoms with E-state index < -0.39 is 5.91 Å². The Kier molecular flexibility index (Phi) is 7.70. The fraction of sp³-hybridized carbons (Fsp3) is 0.200. The molecule has 0 aromatic heterocycles. The smallest absolute Gasteiger partial charge is 0.262 e. The van der Waals surface area contributed by atoms with Gasteiger partial charge in [0.25, 0.3) is 5.91 Å². The molecule has 0 radical (unpaired) electrons. The summed E-state index contributed by atoms with van der Waals surface area (Å²) in [5, 5.41) is 0.382. The molecule has 6 nitrogen and oxygen atoms in total. The van der Waals surface area contributed by atoms with Crippen molar-refractivity contribution in [3.63, 3.8) is 0 Å². The van der Waals surface area contributed by atoms with Crippen LogP contribution in [0.3, 0.4) is 0 Å². The minimum absolute atomic E-state index is 0.177. The Morgan fingerprint density at radius 2 is 1.89 bits per heavy atom. The Morgan fingerprint density at radius 3 is 2.56 bits per heavy atom. The van der Waals surface area contributed by atoms with Gasteiger partial charge in [-0.05, 0) is 36.3 Å². The first kappa shape index (κ1) is 20.3. The number of nitrogens with one attached hydrogen (secondary N) is 2. The van der Waals surface area contributed by atoms with Crippen LogP contribution in [0.2, 0.25) is 5.02 Å². The van der Waals surface area contributed by atoms with E-state index in [4.69, 9.17) is 21.1 Å². The summed E-state index contributed by atoms with van der Waals surface area (Å²) in [7, 11) is 1.51. The van der Waals surface area contributed by atoms with Gasteiger partial charge in [0.05, 0.1) is 25.2 Å². The zero-order valence-electron chi connectivity index (χ0n) is 15.1. The van der Waals surface area contributed by atoms with Gasteiger partial charge in [0.1, 0.15) is 0 Å². The van der Waals surface area contributed by atoms with E-state index in [9.17, 15) is 9.59 Å². The van der Waals surface area contributed by atoms with Crippen molar-refractivity contribution in [1.29, 1.82) is 0 Å². The van der Waals surface area contributed by atoms with Gasteiger partial charge in [-0.15, -0.1) is 0 Å². The molecule has 0 atom stereocenters. The van der Waals surface area contributed by atoms with Crippen LogP contribution in [0.4, 0.5) is 0 Å². The molecule has 142 valence electrons. The van der Waals surface area contributed by atoms with Gasteiger partial charge < -0.3 is 9.47 Å². The lowest BCUT2D eigenvalue weighted by Gasteiger charge is -2.11. The van der Waals surface area contributed by atoms with Gasteiger partial charge >= 0.3 is 0 Å². The quantitative estimate of drug-likeness (QED) is 0.564. The monoisotopic (exact) mass is 388 g/mol. The number of carbonyl (C=O) groups excluding carboxylic acids is 2. The van der Waals surface area contributed by atoms with Gasteiger partial charge in [-0.1, -0.05) is 41.9 Å². The lowest BCUT2D eigenvalue weighted by Crippen LogP contribution is -2.41. The molecule has 2 N–H and O–H groups in total. The number of carbonyl (C=O) groups is 2. The third-order valence-electron chi connectivity index (χ3n) is 3.50. The van der Waals surface area contributed by atoms with Crippen molar-refractivity contribution in [1.82, 2.24) is 10.9 Å². The SMILES string of the molecule is CCOc1c(Cl)cc(C=CC(=O)NNC(=O)Cc2ccccc2)cc1OC. The highest BCUT2D eigenvalue weighted by Gasteiger charge is 2.11. The molecule has 7 heteroatoms. The summed E-state index contributed by atoms with van der Waals surface area (Å²) >= 11 is 6.19. The van der Waals surface area contributed by atoms with E-state index in [-0.39, 0.29) is 12.3 Å². The minimum atomic E-state index is -0.472. The Hall–Kier alpha value is -2.99. The number of halogens is 1. The van der Waals surface area contributed by atoms with E-state index in [1.165, 1.54) is 13.2 Å². The zero-order valence-corrected chi connectivity index (χ0v) is 15.9. The van der Waals surface area contributed by atoms with Gasteiger partial charge in [-0.25, -0.2) is 0 Å². The van der Waals surface area contributed by atoms with Crippen LogP contribution in [0, 0.1) is 0 Å². The van der Waals surface area contributed by atoms with E-state index in [0.717, 1.165) is 5.56 Å². The Labute approximate surface area is 163 Å². The molecule has 0 aliphatic rings. The van der Waals surface area contributed by atoms with E-state index >= 15 is 0 Å². The number of benzene rings is 2. The molecular formula is C20H21ClN2O4. The number of hydrogen-bond acceptors (Lipinski definition) is 4. The molecule has 27 heavy (non-hydrogen) atoms. The van der Waals surface area contributed by atoms with Crippen LogP contribution in [-0.2, 0) is 16.0 Å². The van der Waals surface area contributed by atoms with Gasteiger partial charge in [-0.3, -0.25) is 20.4 Å². The Bertz CT molecular complexity index is 822. The topological polar surface area (TPSA) is 76.7 Å². The Morgan fingerprint density at radius 1 is 1.15 bits per heavy atom. The highest BCUT2D eigenvalue weighted by atomic mass is 35.5. The van der Waals surface area contributed by atoms with E-state index in [2.05, 4.69) is 10.9 Å². The number of methoxy groups -OCH3 is 1. The highest BCUT2D eigenvalue weighted by Crippen LogP contribution is 2.36. The molecule has 2 aromatic carbocycles. The third kappa shape index (κ3) is 6.34. The van der Waals surface area contributed by atoms with Gasteiger partial charge in [0.2, 0.25) is 5.91 Å². The molecule has 2 aromatic rings. The van der Waals surface area contributed by atoms with Crippen molar-refractivity contribution in [2.24, 2.45) is 0 Å².